The molecule has 0 saturated heterocycles. The van der Waals surface area contributed by atoms with Crippen LogP contribution in [0.5, 0.6) is 0 Å². The summed E-state index contributed by atoms with van der Waals surface area (Å²) in [5.74, 6) is -0.203. The van der Waals surface area contributed by atoms with Crippen LogP contribution < -0.4 is 0 Å². The van der Waals surface area contributed by atoms with Gasteiger partial charge in [-0.3, -0.25) is 4.79 Å². The summed E-state index contributed by atoms with van der Waals surface area (Å²) >= 11 is 0. The van der Waals surface area contributed by atoms with Crippen LogP contribution in [0.1, 0.15) is 284 Å². The van der Waals surface area contributed by atoms with Gasteiger partial charge in [-0.05, 0) is 57.8 Å². The van der Waals surface area contributed by atoms with Crippen molar-refractivity contribution in [3.05, 3.63) is 60.8 Å². The largest absolute Gasteiger partial charge is 0.457 e. The molecule has 0 heterocycles. The number of aliphatic hydroxyl groups excluding tert-OH is 1. The van der Waals surface area contributed by atoms with Gasteiger partial charge in [0.15, 0.2) is 0 Å². The number of aliphatic hydroxyl groups is 1. The van der Waals surface area contributed by atoms with E-state index in [2.05, 4.69) is 74.6 Å². The first-order chi connectivity index (χ1) is 31.2. The van der Waals surface area contributed by atoms with Crippen molar-refractivity contribution in [2.45, 2.75) is 290 Å². The summed E-state index contributed by atoms with van der Waals surface area (Å²) in [7, 11) is 0. The van der Waals surface area contributed by atoms with E-state index in [1.54, 1.807) is 0 Å². The summed E-state index contributed by atoms with van der Waals surface area (Å²) in [5.41, 5.74) is 0. The molecule has 4 heteroatoms. The lowest BCUT2D eigenvalue weighted by Gasteiger charge is -2.16. The van der Waals surface area contributed by atoms with Crippen molar-refractivity contribution in [2.75, 3.05) is 19.8 Å². The molecule has 63 heavy (non-hydrogen) atoms. The van der Waals surface area contributed by atoms with Crippen molar-refractivity contribution >= 4 is 5.97 Å². The number of carbonyl (C=O) groups is 1. The minimum atomic E-state index is -0.539. The summed E-state index contributed by atoms with van der Waals surface area (Å²) in [6.07, 6.45) is 76.2. The van der Waals surface area contributed by atoms with Gasteiger partial charge in [-0.1, -0.05) is 280 Å². The molecule has 0 aromatic rings. The molecule has 0 amide bonds. The van der Waals surface area contributed by atoms with E-state index in [0.717, 1.165) is 51.4 Å². The first-order valence-electron chi connectivity index (χ1n) is 27.9. The maximum absolute atomic E-state index is 12.3. The van der Waals surface area contributed by atoms with Crippen LogP contribution >= 0.6 is 0 Å². The molecule has 0 aliphatic carbocycles. The Kier molecular flexibility index (Phi) is 54.5. The summed E-state index contributed by atoms with van der Waals surface area (Å²) < 4.78 is 11.2. The SMILES string of the molecule is CC/C=C\C/C=C\C/C=C\C/C=C\C/C=C\CCCCCCCCCCCC(=O)OC(CO)COCCCCCCCCCCCCCCCCCCCCCCCCCCCC. The third-order valence-electron chi connectivity index (χ3n) is 12.4. The third kappa shape index (κ3) is 54.3. The van der Waals surface area contributed by atoms with Gasteiger partial charge in [-0.25, -0.2) is 0 Å². The molecule has 0 radical (unpaired) electrons. The van der Waals surface area contributed by atoms with E-state index in [9.17, 15) is 9.90 Å². The second kappa shape index (κ2) is 56.2. The Labute approximate surface area is 394 Å². The predicted molar refractivity (Wildman–Crippen MR) is 279 cm³/mol. The predicted octanol–water partition coefficient (Wildman–Crippen LogP) is 19.1. The summed E-state index contributed by atoms with van der Waals surface area (Å²) in [4.78, 5) is 12.3. The Hall–Kier alpha value is -1.91. The standard InChI is InChI=1S/C59H108O4/c1-3-5-7-9-11-13-15-17-19-21-23-25-27-29-31-33-35-37-39-41-43-45-47-49-51-53-55-62-57-58(56-60)63-59(61)54-52-50-48-46-44-42-40-38-36-34-32-30-28-26-24-22-20-18-16-14-12-10-8-6-4-2/h6,8,12,14,18,20,24,26,30,32,58,60H,3-5,7,9-11,13,15-17,19,21-23,25,27-29,31,33-57H2,1-2H3/b8-6-,14-12-,20-18-,26-24-,32-30-. The van der Waals surface area contributed by atoms with Gasteiger partial charge < -0.3 is 14.6 Å². The summed E-state index contributed by atoms with van der Waals surface area (Å²) in [6, 6.07) is 0. The van der Waals surface area contributed by atoms with Crippen LogP contribution in [0, 0.1) is 0 Å². The van der Waals surface area contributed by atoms with Gasteiger partial charge in [0.05, 0.1) is 13.2 Å². The van der Waals surface area contributed by atoms with Gasteiger partial charge in [-0.15, -0.1) is 0 Å². The van der Waals surface area contributed by atoms with E-state index in [1.807, 2.05) is 0 Å². The Bertz CT molecular complexity index is 1020. The second-order valence-electron chi connectivity index (χ2n) is 18.6. The average Bonchev–Trinajstić information content (AvgIpc) is 3.29. The molecule has 0 aromatic carbocycles. The van der Waals surface area contributed by atoms with E-state index < -0.39 is 6.10 Å². The zero-order valence-electron chi connectivity index (χ0n) is 42.3. The van der Waals surface area contributed by atoms with Crippen LogP contribution in [0.15, 0.2) is 60.8 Å². The van der Waals surface area contributed by atoms with Gasteiger partial charge in [0.25, 0.3) is 0 Å². The van der Waals surface area contributed by atoms with Crippen molar-refractivity contribution in [2.24, 2.45) is 0 Å². The molecular weight excluding hydrogens is 773 g/mol. The normalized spacial score (nSPS) is 12.7. The lowest BCUT2D eigenvalue weighted by molar-refractivity contribution is -0.154. The molecule has 0 saturated carbocycles. The molecule has 368 valence electrons. The van der Waals surface area contributed by atoms with Crippen LogP contribution in [-0.4, -0.2) is 37.0 Å². The number of unbranched alkanes of at least 4 members (excludes halogenated alkanes) is 34. The lowest BCUT2D eigenvalue weighted by atomic mass is 10.0. The molecule has 1 N–H and O–H groups in total. The Morgan fingerprint density at radius 2 is 0.714 bits per heavy atom. The minimum Gasteiger partial charge on any atom is -0.457 e. The fraction of sp³-hybridized carbons (Fsp3) is 0.814. The first-order valence-corrected chi connectivity index (χ1v) is 27.9. The van der Waals surface area contributed by atoms with Gasteiger partial charge in [0.1, 0.15) is 6.10 Å². The van der Waals surface area contributed by atoms with Crippen molar-refractivity contribution in [1.82, 2.24) is 0 Å². The first kappa shape index (κ1) is 61.1. The number of allylic oxidation sites excluding steroid dienone is 10. The topological polar surface area (TPSA) is 55.8 Å². The highest BCUT2D eigenvalue weighted by Gasteiger charge is 2.13. The number of hydrogen-bond acceptors (Lipinski definition) is 4. The van der Waals surface area contributed by atoms with E-state index in [0.29, 0.717) is 19.6 Å². The minimum absolute atomic E-state index is 0.173. The van der Waals surface area contributed by atoms with Crippen molar-refractivity contribution in [3.8, 4) is 0 Å². The smallest absolute Gasteiger partial charge is 0.306 e. The number of hydrogen-bond donors (Lipinski definition) is 1. The summed E-state index contributed by atoms with van der Waals surface area (Å²) in [5, 5.41) is 9.67. The van der Waals surface area contributed by atoms with Gasteiger partial charge in [0, 0.05) is 13.0 Å². The molecule has 0 aliphatic heterocycles. The number of rotatable bonds is 52. The van der Waals surface area contributed by atoms with E-state index in [1.165, 1.54) is 212 Å². The Balaban J connectivity index is 3.39. The van der Waals surface area contributed by atoms with E-state index in [4.69, 9.17) is 9.47 Å². The van der Waals surface area contributed by atoms with E-state index in [-0.39, 0.29) is 12.6 Å². The molecule has 4 nitrogen and oxygen atoms in total. The number of ether oxygens (including phenoxy) is 2. The molecule has 0 bridgehead atoms. The van der Waals surface area contributed by atoms with Crippen LogP contribution in [0.2, 0.25) is 0 Å². The summed E-state index contributed by atoms with van der Waals surface area (Å²) in [6.45, 7) is 5.27. The molecule has 0 spiro atoms. The van der Waals surface area contributed by atoms with E-state index >= 15 is 0 Å². The molecular formula is C59H108O4. The maximum Gasteiger partial charge on any atom is 0.306 e. The quantitative estimate of drug-likeness (QED) is 0.0376. The van der Waals surface area contributed by atoms with Crippen molar-refractivity contribution < 1.29 is 19.4 Å². The van der Waals surface area contributed by atoms with Crippen LogP contribution in [-0.2, 0) is 14.3 Å². The number of carbonyl (C=O) groups excluding carboxylic acids is 1. The third-order valence-corrected chi connectivity index (χ3v) is 12.4. The highest BCUT2D eigenvalue weighted by molar-refractivity contribution is 5.69. The molecule has 0 fully saturated rings. The molecule has 1 atom stereocenters. The fourth-order valence-electron chi connectivity index (χ4n) is 8.24. The molecule has 1 unspecified atom stereocenters. The van der Waals surface area contributed by atoms with Crippen LogP contribution in [0.4, 0.5) is 0 Å². The van der Waals surface area contributed by atoms with Gasteiger partial charge in [0.2, 0.25) is 0 Å². The molecule has 0 rings (SSSR count). The highest BCUT2D eigenvalue weighted by atomic mass is 16.6. The average molecular weight is 882 g/mol. The molecule has 0 aliphatic rings. The number of esters is 1. The van der Waals surface area contributed by atoms with Crippen LogP contribution in [0.25, 0.3) is 0 Å². The second-order valence-corrected chi connectivity index (χ2v) is 18.6. The van der Waals surface area contributed by atoms with Gasteiger partial charge in [-0.2, -0.15) is 0 Å². The van der Waals surface area contributed by atoms with Crippen LogP contribution in [0.3, 0.4) is 0 Å². The Morgan fingerprint density at radius 1 is 0.397 bits per heavy atom. The Morgan fingerprint density at radius 3 is 1.08 bits per heavy atom. The zero-order valence-corrected chi connectivity index (χ0v) is 42.3. The monoisotopic (exact) mass is 881 g/mol. The molecule has 0 aromatic heterocycles. The zero-order chi connectivity index (χ0) is 45.5. The maximum atomic E-state index is 12.3. The lowest BCUT2D eigenvalue weighted by Crippen LogP contribution is -2.27. The fourth-order valence-corrected chi connectivity index (χ4v) is 8.24. The van der Waals surface area contributed by atoms with Crippen molar-refractivity contribution in [3.63, 3.8) is 0 Å². The van der Waals surface area contributed by atoms with Crippen molar-refractivity contribution in [1.29, 1.82) is 0 Å². The van der Waals surface area contributed by atoms with Gasteiger partial charge >= 0.3 is 5.97 Å². The highest BCUT2D eigenvalue weighted by Crippen LogP contribution is 2.17.